The van der Waals surface area contributed by atoms with Crippen LogP contribution >= 0.6 is 0 Å². The lowest BCUT2D eigenvalue weighted by atomic mass is 10.2. The summed E-state index contributed by atoms with van der Waals surface area (Å²) < 4.78 is 53.8. The molecule has 0 spiro atoms. The minimum absolute atomic E-state index is 0.0499. The van der Waals surface area contributed by atoms with Crippen LogP contribution in [0, 0.1) is 17.1 Å². The summed E-state index contributed by atoms with van der Waals surface area (Å²) in [5.74, 6) is -1.72. The molecule has 0 bridgehead atoms. The van der Waals surface area contributed by atoms with Gasteiger partial charge in [-0.05, 0) is 42.0 Å². The van der Waals surface area contributed by atoms with Crippen LogP contribution in [0.1, 0.15) is 27.3 Å². The maximum atomic E-state index is 13.6. The number of anilines is 1. The molecule has 1 amide bonds. The van der Waals surface area contributed by atoms with E-state index in [1.165, 1.54) is 30.3 Å². The standard InChI is InChI=1S/C19H12F4N4O2/c20-13-4-12(10-28)5-14(7-13)25-18(29)16-8-17(19(21,22)23)26-27(16)15-3-1-2-11(6-15)9-24/h1-8,28H,10H2,(H,25,29). The molecule has 0 aliphatic rings. The molecule has 148 valence electrons. The van der Waals surface area contributed by atoms with Gasteiger partial charge in [0.1, 0.15) is 11.5 Å². The molecule has 0 atom stereocenters. The van der Waals surface area contributed by atoms with Crippen LogP contribution in [0.5, 0.6) is 0 Å². The molecule has 0 aliphatic carbocycles. The van der Waals surface area contributed by atoms with Crippen molar-refractivity contribution in [1.29, 1.82) is 5.26 Å². The maximum absolute atomic E-state index is 13.6. The number of hydrogen-bond donors (Lipinski definition) is 2. The Kier molecular flexibility index (Phi) is 5.34. The normalized spacial score (nSPS) is 11.2. The van der Waals surface area contributed by atoms with Gasteiger partial charge in [-0.3, -0.25) is 4.79 Å². The highest BCUT2D eigenvalue weighted by atomic mass is 19.4. The van der Waals surface area contributed by atoms with E-state index >= 15 is 0 Å². The Morgan fingerprint density at radius 2 is 1.97 bits per heavy atom. The number of hydrogen-bond acceptors (Lipinski definition) is 4. The van der Waals surface area contributed by atoms with Crippen LogP contribution in [0.25, 0.3) is 5.69 Å². The Hall–Kier alpha value is -3.71. The number of nitrogens with one attached hydrogen (secondary N) is 1. The average molecular weight is 404 g/mol. The van der Waals surface area contributed by atoms with Gasteiger partial charge < -0.3 is 10.4 Å². The lowest BCUT2D eigenvalue weighted by Crippen LogP contribution is -2.17. The van der Waals surface area contributed by atoms with Crippen LogP contribution in [0.2, 0.25) is 0 Å². The number of aliphatic hydroxyl groups excluding tert-OH is 1. The van der Waals surface area contributed by atoms with Gasteiger partial charge in [0.15, 0.2) is 5.69 Å². The predicted octanol–water partition coefficient (Wildman–Crippen LogP) is 3.65. The molecule has 0 saturated carbocycles. The van der Waals surface area contributed by atoms with Gasteiger partial charge in [-0.25, -0.2) is 9.07 Å². The SMILES string of the molecule is N#Cc1cccc(-n2nc(C(F)(F)F)cc2C(=O)Nc2cc(F)cc(CO)c2)c1. The van der Waals surface area contributed by atoms with E-state index in [1.807, 2.05) is 6.07 Å². The molecular formula is C19H12F4N4O2. The van der Waals surface area contributed by atoms with Crippen molar-refractivity contribution in [1.82, 2.24) is 9.78 Å². The predicted molar refractivity (Wildman–Crippen MR) is 93.6 cm³/mol. The summed E-state index contributed by atoms with van der Waals surface area (Å²) in [6, 6.07) is 11.2. The molecule has 0 unspecified atom stereocenters. The van der Waals surface area contributed by atoms with Crippen molar-refractivity contribution in [3.05, 3.63) is 76.9 Å². The second kappa shape index (κ2) is 7.73. The molecule has 2 N–H and O–H groups in total. The molecule has 2 aromatic carbocycles. The number of aliphatic hydroxyl groups is 1. The van der Waals surface area contributed by atoms with Gasteiger partial charge in [-0.15, -0.1) is 0 Å². The second-order valence-electron chi connectivity index (χ2n) is 5.95. The molecule has 29 heavy (non-hydrogen) atoms. The first-order chi connectivity index (χ1) is 13.7. The summed E-state index contributed by atoms with van der Waals surface area (Å²) >= 11 is 0. The van der Waals surface area contributed by atoms with Crippen molar-refractivity contribution in [2.75, 3.05) is 5.32 Å². The summed E-state index contributed by atoms with van der Waals surface area (Å²) in [4.78, 5) is 12.6. The van der Waals surface area contributed by atoms with E-state index in [9.17, 15) is 22.4 Å². The third kappa shape index (κ3) is 4.41. The van der Waals surface area contributed by atoms with E-state index in [0.717, 1.165) is 16.8 Å². The zero-order chi connectivity index (χ0) is 21.2. The third-order valence-electron chi connectivity index (χ3n) is 3.85. The van der Waals surface area contributed by atoms with E-state index in [4.69, 9.17) is 10.4 Å². The van der Waals surface area contributed by atoms with Gasteiger partial charge in [0.05, 0.1) is 23.9 Å². The Bertz CT molecular complexity index is 1120. The third-order valence-corrected chi connectivity index (χ3v) is 3.85. The van der Waals surface area contributed by atoms with Gasteiger partial charge in [-0.2, -0.15) is 23.5 Å². The number of nitriles is 1. The maximum Gasteiger partial charge on any atom is 0.435 e. The number of benzene rings is 2. The van der Waals surface area contributed by atoms with Gasteiger partial charge in [0, 0.05) is 11.8 Å². The smallest absolute Gasteiger partial charge is 0.392 e. The second-order valence-corrected chi connectivity index (χ2v) is 5.95. The van der Waals surface area contributed by atoms with E-state index in [1.54, 1.807) is 0 Å². The summed E-state index contributed by atoms with van der Waals surface area (Å²) in [6.45, 7) is -0.488. The van der Waals surface area contributed by atoms with Crippen LogP contribution in [0.4, 0.5) is 23.2 Å². The van der Waals surface area contributed by atoms with Gasteiger partial charge in [0.25, 0.3) is 5.91 Å². The average Bonchev–Trinajstić information content (AvgIpc) is 3.13. The number of alkyl halides is 3. The number of amides is 1. The lowest BCUT2D eigenvalue weighted by molar-refractivity contribution is -0.141. The Balaban J connectivity index is 2.05. The molecule has 0 radical (unpaired) electrons. The molecular weight excluding hydrogens is 392 g/mol. The van der Waals surface area contributed by atoms with Crippen molar-refractivity contribution in [2.24, 2.45) is 0 Å². The largest absolute Gasteiger partial charge is 0.435 e. The first-order valence-electron chi connectivity index (χ1n) is 8.11. The van der Waals surface area contributed by atoms with Gasteiger partial charge in [-0.1, -0.05) is 6.07 Å². The number of carbonyl (C=O) groups is 1. The monoisotopic (exact) mass is 404 g/mol. The molecule has 0 fully saturated rings. The molecule has 1 heterocycles. The lowest BCUT2D eigenvalue weighted by Gasteiger charge is -2.10. The molecule has 3 aromatic rings. The van der Waals surface area contributed by atoms with Crippen LogP contribution in [0.3, 0.4) is 0 Å². The fourth-order valence-electron chi connectivity index (χ4n) is 2.59. The van der Waals surface area contributed by atoms with E-state index < -0.39 is 35.9 Å². The van der Waals surface area contributed by atoms with Crippen molar-refractivity contribution >= 4 is 11.6 Å². The minimum atomic E-state index is -4.81. The summed E-state index contributed by atoms with van der Waals surface area (Å²) in [5.41, 5.74) is -1.42. The molecule has 3 rings (SSSR count). The number of aromatic nitrogens is 2. The zero-order valence-corrected chi connectivity index (χ0v) is 14.5. The Morgan fingerprint density at radius 3 is 2.62 bits per heavy atom. The van der Waals surface area contributed by atoms with Crippen molar-refractivity contribution in [3.8, 4) is 11.8 Å². The number of rotatable bonds is 4. The molecule has 0 aliphatic heterocycles. The van der Waals surface area contributed by atoms with Crippen LogP contribution in [-0.2, 0) is 12.8 Å². The number of carbonyl (C=O) groups excluding carboxylic acids is 1. The molecule has 6 nitrogen and oxygen atoms in total. The zero-order valence-electron chi connectivity index (χ0n) is 14.5. The quantitative estimate of drug-likeness (QED) is 0.650. The highest BCUT2D eigenvalue weighted by Gasteiger charge is 2.36. The number of nitrogens with zero attached hydrogens (tertiary/aromatic N) is 3. The molecule has 1 aromatic heterocycles. The molecule has 10 heteroatoms. The summed E-state index contributed by atoms with van der Waals surface area (Å²) in [5, 5.41) is 23.9. The highest BCUT2D eigenvalue weighted by Crippen LogP contribution is 2.30. The van der Waals surface area contributed by atoms with E-state index in [0.29, 0.717) is 6.07 Å². The van der Waals surface area contributed by atoms with Crippen molar-refractivity contribution < 1.29 is 27.5 Å². The topological polar surface area (TPSA) is 90.9 Å². The van der Waals surface area contributed by atoms with Crippen LogP contribution in [0.15, 0.2) is 48.5 Å². The highest BCUT2D eigenvalue weighted by molar-refractivity contribution is 6.03. The minimum Gasteiger partial charge on any atom is -0.392 e. The first kappa shape index (κ1) is 20.0. The van der Waals surface area contributed by atoms with Crippen LogP contribution < -0.4 is 5.32 Å². The van der Waals surface area contributed by atoms with Crippen molar-refractivity contribution in [3.63, 3.8) is 0 Å². The Morgan fingerprint density at radius 1 is 1.21 bits per heavy atom. The molecule has 0 saturated heterocycles. The van der Waals surface area contributed by atoms with E-state index in [2.05, 4.69) is 10.4 Å². The summed E-state index contributed by atoms with van der Waals surface area (Å²) in [7, 11) is 0. The van der Waals surface area contributed by atoms with E-state index in [-0.39, 0.29) is 22.5 Å². The fourth-order valence-corrected chi connectivity index (χ4v) is 2.59. The van der Waals surface area contributed by atoms with Gasteiger partial charge in [0.2, 0.25) is 0 Å². The summed E-state index contributed by atoms with van der Waals surface area (Å²) in [6.07, 6.45) is -4.81. The van der Waals surface area contributed by atoms with Crippen molar-refractivity contribution in [2.45, 2.75) is 12.8 Å². The Labute approximate surface area is 161 Å². The number of halogens is 4. The first-order valence-corrected chi connectivity index (χ1v) is 8.11. The fraction of sp³-hybridized carbons (Fsp3) is 0.105. The van der Waals surface area contributed by atoms with Crippen LogP contribution in [-0.4, -0.2) is 20.8 Å². The van der Waals surface area contributed by atoms with Gasteiger partial charge >= 0.3 is 6.18 Å².